The molecule has 0 bridgehead atoms. The maximum Gasteiger partial charge on any atom is 0.410 e. The van der Waals surface area contributed by atoms with E-state index in [0.717, 1.165) is 15.4 Å². The molecule has 0 unspecified atom stereocenters. The van der Waals surface area contributed by atoms with Gasteiger partial charge in [-0.1, -0.05) is 30.3 Å². The van der Waals surface area contributed by atoms with Crippen LogP contribution in [-0.4, -0.2) is 29.7 Å². The highest BCUT2D eigenvalue weighted by Crippen LogP contribution is 2.25. The maximum atomic E-state index is 12.1. The highest BCUT2D eigenvalue weighted by atomic mass is 79.9. The Hall–Kier alpha value is -1.07. The Morgan fingerprint density at radius 1 is 1.22 bits per heavy atom. The van der Waals surface area contributed by atoms with E-state index in [9.17, 15) is 4.79 Å². The second-order valence-corrected chi connectivity index (χ2v) is 9.23. The minimum absolute atomic E-state index is 0.240. The van der Waals surface area contributed by atoms with Gasteiger partial charge in [-0.3, -0.25) is 0 Å². The van der Waals surface area contributed by atoms with Gasteiger partial charge in [0.2, 0.25) is 0 Å². The van der Waals surface area contributed by atoms with Crippen LogP contribution in [0.15, 0.2) is 33.7 Å². The van der Waals surface area contributed by atoms with Crippen LogP contribution in [0.25, 0.3) is 11.6 Å². The average Bonchev–Trinajstić information content (AvgIpc) is 2.46. The summed E-state index contributed by atoms with van der Waals surface area (Å²) in [6.45, 7) is 6.94. The number of halogens is 2. The van der Waals surface area contributed by atoms with E-state index in [2.05, 4.69) is 62.2 Å². The van der Waals surface area contributed by atoms with Crippen LogP contribution in [0.2, 0.25) is 0 Å². The molecule has 5 heteroatoms. The second-order valence-electron chi connectivity index (χ2n) is 6.46. The molecule has 1 aromatic carbocycles. The fourth-order valence-electron chi connectivity index (χ4n) is 2.34. The first-order valence-electron chi connectivity index (χ1n) is 7.55. The Morgan fingerprint density at radius 3 is 2.35 bits per heavy atom. The van der Waals surface area contributed by atoms with Crippen molar-refractivity contribution in [2.75, 3.05) is 13.1 Å². The zero-order valence-electron chi connectivity index (χ0n) is 13.6. The van der Waals surface area contributed by atoms with Gasteiger partial charge in [0.05, 0.1) is 3.39 Å². The molecule has 3 nitrogen and oxygen atoms in total. The third kappa shape index (κ3) is 5.81. The van der Waals surface area contributed by atoms with Gasteiger partial charge in [0.25, 0.3) is 0 Å². The van der Waals surface area contributed by atoms with Crippen molar-refractivity contribution < 1.29 is 9.53 Å². The van der Waals surface area contributed by atoms with Crippen molar-refractivity contribution >= 4 is 49.6 Å². The van der Waals surface area contributed by atoms with Crippen molar-refractivity contribution in [3.05, 3.63) is 44.9 Å². The average molecular weight is 443 g/mol. The molecule has 1 amide bonds. The molecule has 0 radical (unpaired) electrons. The molecule has 0 saturated heterocycles. The Kier molecular flexibility index (Phi) is 6.09. The predicted octanol–water partition coefficient (Wildman–Crippen LogP) is 5.80. The topological polar surface area (TPSA) is 29.5 Å². The molecular formula is C18H21Br2NO2. The van der Waals surface area contributed by atoms with Gasteiger partial charge < -0.3 is 9.64 Å². The van der Waals surface area contributed by atoms with Crippen LogP contribution >= 0.6 is 31.9 Å². The summed E-state index contributed by atoms with van der Waals surface area (Å²) < 4.78 is 6.33. The number of carbonyl (C=O) groups is 1. The lowest BCUT2D eigenvalue weighted by atomic mass is 9.98. The quantitative estimate of drug-likeness (QED) is 0.579. The van der Waals surface area contributed by atoms with E-state index in [1.807, 2.05) is 26.8 Å². The summed E-state index contributed by atoms with van der Waals surface area (Å²) in [7, 11) is 0. The molecule has 1 aliphatic rings. The van der Waals surface area contributed by atoms with Crippen molar-refractivity contribution in [2.24, 2.45) is 0 Å². The molecule has 2 rings (SSSR count). The van der Waals surface area contributed by atoms with Gasteiger partial charge in [0, 0.05) is 13.1 Å². The second kappa shape index (κ2) is 7.67. The Bertz CT molecular complexity index is 623. The predicted molar refractivity (Wildman–Crippen MR) is 103 cm³/mol. The van der Waals surface area contributed by atoms with Crippen LogP contribution in [0.3, 0.4) is 0 Å². The number of hydrogen-bond acceptors (Lipinski definition) is 2. The van der Waals surface area contributed by atoms with Gasteiger partial charge >= 0.3 is 6.09 Å². The zero-order chi connectivity index (χ0) is 17.0. The summed E-state index contributed by atoms with van der Waals surface area (Å²) in [5.41, 5.74) is 3.16. The van der Waals surface area contributed by atoms with Crippen LogP contribution in [0, 0.1) is 0 Å². The van der Waals surface area contributed by atoms with E-state index in [1.54, 1.807) is 4.90 Å². The highest BCUT2D eigenvalue weighted by molar-refractivity contribution is 9.28. The minimum atomic E-state index is -0.450. The van der Waals surface area contributed by atoms with Crippen LogP contribution in [0.5, 0.6) is 0 Å². The monoisotopic (exact) mass is 441 g/mol. The Morgan fingerprint density at radius 2 is 1.87 bits per heavy atom. The molecule has 0 aliphatic carbocycles. The van der Waals surface area contributed by atoms with Gasteiger partial charge in [-0.2, -0.15) is 0 Å². The van der Waals surface area contributed by atoms with E-state index >= 15 is 0 Å². The van der Waals surface area contributed by atoms with Crippen LogP contribution < -0.4 is 0 Å². The highest BCUT2D eigenvalue weighted by Gasteiger charge is 2.23. The molecule has 0 aromatic heterocycles. The van der Waals surface area contributed by atoms with Crippen molar-refractivity contribution in [2.45, 2.75) is 32.8 Å². The third-order valence-electron chi connectivity index (χ3n) is 3.42. The summed E-state index contributed by atoms with van der Waals surface area (Å²) in [5, 5.41) is 0. The van der Waals surface area contributed by atoms with Gasteiger partial charge in [-0.05, 0) is 81.8 Å². The first kappa shape index (κ1) is 18.3. The lowest BCUT2D eigenvalue weighted by molar-refractivity contribution is 0.0270. The number of nitrogens with zero attached hydrogens (tertiary/aromatic N) is 1. The SMILES string of the molecule is CC(C)(C)OC(=O)N1CC=C(c2ccc(C=C(Br)Br)cc2)CC1. The molecule has 0 N–H and O–H groups in total. The number of carbonyl (C=O) groups excluding carboxylic acids is 1. The van der Waals surface area contributed by atoms with Crippen molar-refractivity contribution in [1.82, 2.24) is 4.90 Å². The fraction of sp³-hybridized carbons (Fsp3) is 0.389. The van der Waals surface area contributed by atoms with E-state index < -0.39 is 5.60 Å². The van der Waals surface area contributed by atoms with E-state index in [-0.39, 0.29) is 6.09 Å². The molecule has 0 saturated carbocycles. The number of hydrogen-bond donors (Lipinski definition) is 0. The first-order chi connectivity index (χ1) is 10.7. The summed E-state index contributed by atoms with van der Waals surface area (Å²) in [4.78, 5) is 13.8. The fourth-order valence-corrected chi connectivity index (χ4v) is 2.87. The number of rotatable bonds is 2. The van der Waals surface area contributed by atoms with Crippen molar-refractivity contribution in [3.63, 3.8) is 0 Å². The van der Waals surface area contributed by atoms with Gasteiger partial charge in [0.15, 0.2) is 0 Å². The van der Waals surface area contributed by atoms with Crippen LogP contribution in [0.1, 0.15) is 38.3 Å². The van der Waals surface area contributed by atoms with Crippen LogP contribution in [-0.2, 0) is 4.74 Å². The van der Waals surface area contributed by atoms with E-state index in [0.29, 0.717) is 13.1 Å². The lowest BCUT2D eigenvalue weighted by Gasteiger charge is -2.29. The lowest BCUT2D eigenvalue weighted by Crippen LogP contribution is -2.39. The molecule has 1 heterocycles. The largest absolute Gasteiger partial charge is 0.444 e. The number of ether oxygens (including phenoxy) is 1. The standard InChI is InChI=1S/C18H21Br2NO2/c1-18(2,3)23-17(22)21-10-8-15(9-11-21)14-6-4-13(5-7-14)12-16(19)20/h4-8,12H,9-11H2,1-3H3. The molecular weight excluding hydrogens is 422 g/mol. The van der Waals surface area contributed by atoms with E-state index in [1.165, 1.54) is 11.1 Å². The molecule has 0 fully saturated rings. The molecule has 124 valence electrons. The van der Waals surface area contributed by atoms with Crippen molar-refractivity contribution in [1.29, 1.82) is 0 Å². The van der Waals surface area contributed by atoms with Crippen molar-refractivity contribution in [3.8, 4) is 0 Å². The van der Waals surface area contributed by atoms with Crippen LogP contribution in [0.4, 0.5) is 4.79 Å². The normalized spacial score (nSPS) is 15.0. The van der Waals surface area contributed by atoms with Gasteiger partial charge in [-0.15, -0.1) is 0 Å². The number of amides is 1. The number of benzene rings is 1. The zero-order valence-corrected chi connectivity index (χ0v) is 16.8. The Balaban J connectivity index is 2.01. The molecule has 1 aromatic rings. The van der Waals surface area contributed by atoms with E-state index in [4.69, 9.17) is 4.74 Å². The molecule has 23 heavy (non-hydrogen) atoms. The maximum absolute atomic E-state index is 12.1. The summed E-state index contributed by atoms with van der Waals surface area (Å²) in [6.07, 6.45) is 4.72. The third-order valence-corrected chi connectivity index (χ3v) is 3.88. The minimum Gasteiger partial charge on any atom is -0.444 e. The molecule has 0 spiro atoms. The molecule has 1 aliphatic heterocycles. The summed E-state index contributed by atoms with van der Waals surface area (Å²) in [5.74, 6) is 0. The summed E-state index contributed by atoms with van der Waals surface area (Å²) >= 11 is 6.73. The van der Waals surface area contributed by atoms with Gasteiger partial charge in [0.1, 0.15) is 5.60 Å². The summed E-state index contributed by atoms with van der Waals surface area (Å²) in [6, 6.07) is 8.39. The van der Waals surface area contributed by atoms with Gasteiger partial charge in [-0.25, -0.2) is 4.79 Å². The molecule has 0 atom stereocenters. The Labute approximate surface area is 154 Å². The smallest absolute Gasteiger partial charge is 0.410 e. The first-order valence-corrected chi connectivity index (χ1v) is 9.13.